The molecule has 1 aromatic rings. The van der Waals surface area contributed by atoms with Crippen molar-refractivity contribution in [2.45, 2.75) is 45.7 Å². The number of nitrogens with one attached hydrogen (secondary N) is 2. The fourth-order valence-corrected chi connectivity index (χ4v) is 3.00. The summed E-state index contributed by atoms with van der Waals surface area (Å²) in [4.78, 5) is 62.1. The van der Waals surface area contributed by atoms with Crippen LogP contribution in [0.4, 0.5) is 0 Å². The smallest absolute Gasteiger partial charge is 0.323 e. The topological polar surface area (TPSA) is 159 Å². The molecule has 0 aliphatic heterocycles. The minimum atomic E-state index is -1.40. The lowest BCUT2D eigenvalue weighted by Crippen LogP contribution is -2.57. The zero-order chi connectivity index (χ0) is 25.1. The van der Waals surface area contributed by atoms with Gasteiger partial charge in [0.1, 0.15) is 12.6 Å². The summed E-state index contributed by atoms with van der Waals surface area (Å²) in [5.74, 6) is -4.30. The first-order valence-corrected chi connectivity index (χ1v) is 10.5. The van der Waals surface area contributed by atoms with Crippen LogP contribution in [0, 0.1) is 5.92 Å². The van der Waals surface area contributed by atoms with Gasteiger partial charge in [0.2, 0.25) is 17.7 Å². The number of hydrogen-bond donors (Lipinski definition) is 4. The van der Waals surface area contributed by atoms with E-state index < -0.39 is 54.8 Å². The van der Waals surface area contributed by atoms with Crippen molar-refractivity contribution in [2.24, 2.45) is 11.7 Å². The van der Waals surface area contributed by atoms with Crippen molar-refractivity contribution in [3.63, 3.8) is 0 Å². The average molecular weight is 461 g/mol. The van der Waals surface area contributed by atoms with Crippen LogP contribution in [0.3, 0.4) is 0 Å². The molecule has 0 radical (unpaired) electrons. The molecule has 0 fully saturated rings. The molecule has 0 aliphatic rings. The highest BCUT2D eigenvalue weighted by Gasteiger charge is 2.34. The third kappa shape index (κ3) is 9.65. The van der Waals surface area contributed by atoms with Crippen LogP contribution in [0.1, 0.15) is 32.8 Å². The molecular weight excluding hydrogens is 428 g/mol. The standard InChI is InChI=1S/C23H32N4O6/c1-14(2)10-17(24)22(32)27(13-20(29)30)23(33)18(11-16-8-6-5-7-9-16)26-19(28)12-25-21(31)15(3)4/h5-9,14,17-18H,3,10-13,24H2,1-2,4H3,(H,25,31)(H,26,28)(H,29,30). The molecular formula is C23H32N4O6. The lowest BCUT2D eigenvalue weighted by atomic mass is 10.0. The maximum atomic E-state index is 13.3. The van der Waals surface area contributed by atoms with Crippen LogP contribution in [-0.2, 0) is 30.4 Å². The van der Waals surface area contributed by atoms with E-state index in [0.717, 1.165) is 0 Å². The van der Waals surface area contributed by atoms with Crippen LogP contribution in [0.5, 0.6) is 0 Å². The van der Waals surface area contributed by atoms with E-state index in [9.17, 15) is 29.1 Å². The molecule has 10 heteroatoms. The maximum Gasteiger partial charge on any atom is 0.323 e. The Balaban J connectivity index is 3.14. The largest absolute Gasteiger partial charge is 0.480 e. The molecule has 0 heterocycles. The summed E-state index contributed by atoms with van der Waals surface area (Å²) >= 11 is 0. The summed E-state index contributed by atoms with van der Waals surface area (Å²) in [6.45, 7) is 7.32. The van der Waals surface area contributed by atoms with Crippen LogP contribution in [0.15, 0.2) is 42.5 Å². The molecule has 0 aromatic heterocycles. The highest BCUT2D eigenvalue weighted by molar-refractivity contribution is 6.03. The number of aliphatic carboxylic acids is 1. The van der Waals surface area contributed by atoms with Crippen LogP contribution >= 0.6 is 0 Å². The van der Waals surface area contributed by atoms with Crippen LogP contribution in [-0.4, -0.2) is 64.8 Å². The number of imide groups is 1. The SMILES string of the molecule is C=C(C)C(=O)NCC(=O)NC(Cc1ccccc1)C(=O)N(CC(=O)O)C(=O)C(N)CC(C)C. The Bertz CT molecular complexity index is 884. The summed E-state index contributed by atoms with van der Waals surface area (Å²) in [6, 6.07) is 6.38. The summed E-state index contributed by atoms with van der Waals surface area (Å²) in [5.41, 5.74) is 6.80. The predicted molar refractivity (Wildman–Crippen MR) is 122 cm³/mol. The Morgan fingerprint density at radius 1 is 1.09 bits per heavy atom. The zero-order valence-electron chi connectivity index (χ0n) is 19.2. The number of benzene rings is 1. The Morgan fingerprint density at radius 3 is 2.21 bits per heavy atom. The number of carbonyl (C=O) groups is 5. The van der Waals surface area contributed by atoms with E-state index >= 15 is 0 Å². The molecule has 5 N–H and O–H groups in total. The molecule has 4 amide bonds. The van der Waals surface area contributed by atoms with Crippen molar-refractivity contribution >= 4 is 29.6 Å². The van der Waals surface area contributed by atoms with Crippen molar-refractivity contribution < 1.29 is 29.1 Å². The van der Waals surface area contributed by atoms with E-state index in [0.29, 0.717) is 10.5 Å². The molecule has 0 spiro atoms. The summed E-state index contributed by atoms with van der Waals surface area (Å²) in [5, 5.41) is 14.1. The average Bonchev–Trinajstić information content (AvgIpc) is 2.74. The van der Waals surface area contributed by atoms with Gasteiger partial charge in [-0.2, -0.15) is 0 Å². The number of carboxylic acid groups (broad SMARTS) is 1. The Kier molecular flexibility index (Phi) is 10.9. The van der Waals surface area contributed by atoms with Gasteiger partial charge in [-0.1, -0.05) is 50.8 Å². The Morgan fingerprint density at radius 2 is 1.70 bits per heavy atom. The molecule has 2 unspecified atom stereocenters. The highest BCUT2D eigenvalue weighted by Crippen LogP contribution is 2.11. The van der Waals surface area contributed by atoms with Gasteiger partial charge in [0.15, 0.2) is 0 Å². The number of nitrogens with two attached hydrogens (primary N) is 1. The lowest BCUT2D eigenvalue weighted by molar-refractivity contribution is -0.154. The molecule has 0 saturated carbocycles. The molecule has 0 aliphatic carbocycles. The molecule has 2 atom stereocenters. The van der Waals surface area contributed by atoms with Crippen molar-refractivity contribution in [3.8, 4) is 0 Å². The fourth-order valence-electron chi connectivity index (χ4n) is 3.00. The predicted octanol–water partition coefficient (Wildman–Crippen LogP) is 0.219. The number of amides is 4. The Labute approximate surface area is 193 Å². The number of carbonyl (C=O) groups excluding carboxylic acids is 4. The quantitative estimate of drug-likeness (QED) is 0.325. The first-order valence-electron chi connectivity index (χ1n) is 10.5. The number of rotatable bonds is 12. The molecule has 0 saturated heterocycles. The van der Waals surface area contributed by atoms with Gasteiger partial charge in [0, 0.05) is 12.0 Å². The summed E-state index contributed by atoms with van der Waals surface area (Å²) in [6.07, 6.45) is 0.257. The fraction of sp³-hybridized carbons (Fsp3) is 0.435. The lowest BCUT2D eigenvalue weighted by Gasteiger charge is -2.28. The minimum absolute atomic E-state index is 0.00264. The van der Waals surface area contributed by atoms with Crippen LogP contribution in [0.25, 0.3) is 0 Å². The van der Waals surface area contributed by atoms with Crippen molar-refractivity contribution in [2.75, 3.05) is 13.1 Å². The number of hydrogen-bond acceptors (Lipinski definition) is 6. The molecule has 1 rings (SSSR count). The van der Waals surface area contributed by atoms with Crippen molar-refractivity contribution in [1.29, 1.82) is 0 Å². The van der Waals surface area contributed by atoms with Gasteiger partial charge in [-0.3, -0.25) is 28.9 Å². The molecule has 180 valence electrons. The van der Waals surface area contributed by atoms with Crippen molar-refractivity contribution in [1.82, 2.24) is 15.5 Å². The van der Waals surface area contributed by atoms with E-state index in [1.807, 2.05) is 13.8 Å². The molecule has 10 nitrogen and oxygen atoms in total. The van der Waals surface area contributed by atoms with Crippen LogP contribution in [0.2, 0.25) is 0 Å². The van der Waals surface area contributed by atoms with Gasteiger partial charge in [0.25, 0.3) is 5.91 Å². The third-order valence-electron chi connectivity index (χ3n) is 4.58. The normalized spacial score (nSPS) is 12.4. The van der Waals surface area contributed by atoms with Gasteiger partial charge < -0.3 is 21.5 Å². The number of nitrogens with zero attached hydrogens (tertiary/aromatic N) is 1. The van der Waals surface area contributed by atoms with E-state index in [4.69, 9.17) is 5.73 Å². The van der Waals surface area contributed by atoms with Gasteiger partial charge in [-0.05, 0) is 24.8 Å². The minimum Gasteiger partial charge on any atom is -0.480 e. The van der Waals surface area contributed by atoms with E-state index in [1.165, 1.54) is 6.92 Å². The Hall–Kier alpha value is -3.53. The molecule has 0 bridgehead atoms. The maximum absolute atomic E-state index is 13.3. The van der Waals surface area contributed by atoms with Gasteiger partial charge >= 0.3 is 5.97 Å². The molecule has 1 aromatic carbocycles. The molecule has 33 heavy (non-hydrogen) atoms. The van der Waals surface area contributed by atoms with E-state index in [2.05, 4.69) is 17.2 Å². The van der Waals surface area contributed by atoms with E-state index in [1.54, 1.807) is 30.3 Å². The first-order chi connectivity index (χ1) is 15.4. The second-order valence-corrected chi connectivity index (χ2v) is 8.17. The van der Waals surface area contributed by atoms with E-state index in [-0.39, 0.29) is 24.3 Å². The first kappa shape index (κ1) is 27.5. The third-order valence-corrected chi connectivity index (χ3v) is 4.58. The summed E-state index contributed by atoms with van der Waals surface area (Å²) < 4.78 is 0. The van der Waals surface area contributed by atoms with Crippen LogP contribution < -0.4 is 16.4 Å². The summed E-state index contributed by atoms with van der Waals surface area (Å²) in [7, 11) is 0. The van der Waals surface area contributed by atoms with Gasteiger partial charge in [-0.25, -0.2) is 0 Å². The zero-order valence-corrected chi connectivity index (χ0v) is 19.2. The van der Waals surface area contributed by atoms with Crippen molar-refractivity contribution in [3.05, 3.63) is 48.0 Å². The highest BCUT2D eigenvalue weighted by atomic mass is 16.4. The van der Waals surface area contributed by atoms with Gasteiger partial charge in [-0.15, -0.1) is 0 Å². The second kappa shape index (κ2) is 13.1. The second-order valence-electron chi connectivity index (χ2n) is 8.17. The van der Waals surface area contributed by atoms with Gasteiger partial charge in [0.05, 0.1) is 12.6 Å². The monoisotopic (exact) mass is 460 g/mol. The number of carboxylic acids is 1.